The lowest BCUT2D eigenvalue weighted by Crippen LogP contribution is -2.35. The second-order valence-corrected chi connectivity index (χ2v) is 10.0. The third kappa shape index (κ3) is 5.12. The zero-order chi connectivity index (χ0) is 24.1. The van der Waals surface area contributed by atoms with Gasteiger partial charge in [-0.2, -0.15) is 0 Å². The van der Waals surface area contributed by atoms with E-state index < -0.39 is 10.0 Å². The van der Waals surface area contributed by atoms with E-state index in [1.54, 1.807) is 36.4 Å². The molecule has 1 aliphatic rings. The Hall–Kier alpha value is -3.65. The smallest absolute Gasteiger partial charge is 0.264 e. The highest BCUT2D eigenvalue weighted by molar-refractivity contribution is 7.92. The van der Waals surface area contributed by atoms with Crippen LogP contribution in [0.15, 0.2) is 77.7 Å². The molecule has 0 saturated carbocycles. The third-order valence-corrected chi connectivity index (χ3v) is 7.48. The van der Waals surface area contributed by atoms with Gasteiger partial charge in [-0.15, -0.1) is 0 Å². The number of amides is 2. The number of benzene rings is 3. The number of para-hydroxylation sites is 1. The van der Waals surface area contributed by atoms with Gasteiger partial charge in [0.15, 0.2) is 0 Å². The molecule has 3 aromatic rings. The van der Waals surface area contributed by atoms with Gasteiger partial charge in [0, 0.05) is 29.9 Å². The Morgan fingerprint density at radius 3 is 2.44 bits per heavy atom. The van der Waals surface area contributed by atoms with Gasteiger partial charge in [0.1, 0.15) is 0 Å². The van der Waals surface area contributed by atoms with Crippen LogP contribution in [-0.4, -0.2) is 26.8 Å². The van der Waals surface area contributed by atoms with E-state index in [1.807, 2.05) is 31.2 Å². The van der Waals surface area contributed by atoms with Crippen molar-refractivity contribution in [3.63, 3.8) is 0 Å². The summed E-state index contributed by atoms with van der Waals surface area (Å²) in [7, 11) is -3.71. The Balaban J connectivity index is 1.47. The van der Waals surface area contributed by atoms with Crippen molar-refractivity contribution in [2.45, 2.75) is 37.5 Å². The Morgan fingerprint density at radius 2 is 1.68 bits per heavy atom. The number of hydrogen-bond acceptors (Lipinski definition) is 4. The van der Waals surface area contributed by atoms with Crippen LogP contribution in [0.1, 0.15) is 42.1 Å². The zero-order valence-corrected chi connectivity index (χ0v) is 19.8. The van der Waals surface area contributed by atoms with Crippen molar-refractivity contribution in [2.24, 2.45) is 0 Å². The molecule has 0 radical (unpaired) electrons. The molecule has 0 aliphatic carbocycles. The summed E-state index contributed by atoms with van der Waals surface area (Å²) in [6, 6.07) is 20.4. The fourth-order valence-corrected chi connectivity index (χ4v) is 5.52. The molecular weight excluding hydrogens is 450 g/mol. The van der Waals surface area contributed by atoms with E-state index in [9.17, 15) is 18.0 Å². The average molecular weight is 478 g/mol. The number of aryl methyl sites for hydroxylation is 1. The summed E-state index contributed by atoms with van der Waals surface area (Å²) in [5.41, 5.74) is 3.15. The second-order valence-electron chi connectivity index (χ2n) is 8.17. The van der Waals surface area contributed by atoms with Crippen LogP contribution in [-0.2, 0) is 21.2 Å². The second kappa shape index (κ2) is 10.1. The number of carbonyl (C=O) groups excluding carboxylic acids is 2. The highest BCUT2D eigenvalue weighted by Crippen LogP contribution is 2.32. The zero-order valence-electron chi connectivity index (χ0n) is 19.0. The van der Waals surface area contributed by atoms with Gasteiger partial charge < -0.3 is 10.6 Å². The Bertz CT molecular complexity index is 1300. The first-order valence-electron chi connectivity index (χ1n) is 11.3. The molecule has 2 amide bonds. The van der Waals surface area contributed by atoms with E-state index in [0.717, 1.165) is 30.5 Å². The van der Waals surface area contributed by atoms with E-state index in [0.29, 0.717) is 29.9 Å². The van der Waals surface area contributed by atoms with E-state index in [4.69, 9.17) is 0 Å². The summed E-state index contributed by atoms with van der Waals surface area (Å²) in [5.74, 6) is -0.458. The van der Waals surface area contributed by atoms with Crippen molar-refractivity contribution < 1.29 is 18.0 Å². The maximum Gasteiger partial charge on any atom is 0.264 e. The molecule has 3 aromatic carbocycles. The van der Waals surface area contributed by atoms with E-state index in [1.165, 1.54) is 16.4 Å². The highest BCUT2D eigenvalue weighted by Gasteiger charge is 2.28. The Morgan fingerprint density at radius 1 is 0.912 bits per heavy atom. The number of hydrogen-bond donors (Lipinski definition) is 2. The van der Waals surface area contributed by atoms with Crippen molar-refractivity contribution in [2.75, 3.05) is 21.5 Å². The third-order valence-electron chi connectivity index (χ3n) is 5.65. The Kier molecular flexibility index (Phi) is 6.98. The van der Waals surface area contributed by atoms with Gasteiger partial charge in [-0.1, -0.05) is 31.2 Å². The van der Waals surface area contributed by atoms with Crippen molar-refractivity contribution in [1.82, 2.24) is 0 Å². The molecule has 0 fully saturated rings. The summed E-state index contributed by atoms with van der Waals surface area (Å²) in [6.07, 6.45) is 2.77. The summed E-state index contributed by atoms with van der Waals surface area (Å²) in [6.45, 7) is 2.36. The molecule has 1 heterocycles. The minimum Gasteiger partial charge on any atom is -0.326 e. The fraction of sp³-hybridized carbons (Fsp3) is 0.231. The molecule has 0 saturated heterocycles. The van der Waals surface area contributed by atoms with Crippen molar-refractivity contribution in [1.29, 1.82) is 0 Å². The van der Waals surface area contributed by atoms with Crippen LogP contribution < -0.4 is 14.9 Å². The molecule has 4 rings (SSSR count). The fourth-order valence-electron chi connectivity index (χ4n) is 3.98. The van der Waals surface area contributed by atoms with Crippen LogP contribution in [0.3, 0.4) is 0 Å². The molecule has 34 heavy (non-hydrogen) atoms. The molecule has 0 atom stereocenters. The Labute approximate surface area is 199 Å². The number of sulfonamides is 1. The van der Waals surface area contributed by atoms with Gasteiger partial charge in [-0.3, -0.25) is 13.9 Å². The standard InChI is InChI=1S/C26H27N3O4S/c1-2-7-25(30)27-22-11-5-9-20(18-22)26(31)28-21-13-15-23(16-14-21)34(32,33)29-17-6-10-19-8-3-4-12-24(19)29/h3-5,8-9,11-16,18H,2,6-7,10,17H2,1H3,(H,27,30)(H,28,31). The lowest BCUT2D eigenvalue weighted by molar-refractivity contribution is -0.116. The molecule has 176 valence electrons. The van der Waals surface area contributed by atoms with Crippen LogP contribution >= 0.6 is 0 Å². The predicted molar refractivity (Wildman–Crippen MR) is 134 cm³/mol. The van der Waals surface area contributed by atoms with Gasteiger partial charge in [0.05, 0.1) is 10.6 Å². The molecule has 0 unspecified atom stereocenters. The largest absolute Gasteiger partial charge is 0.326 e. The minimum atomic E-state index is -3.71. The maximum absolute atomic E-state index is 13.3. The first kappa shape index (κ1) is 23.5. The van der Waals surface area contributed by atoms with Gasteiger partial charge in [0.2, 0.25) is 5.91 Å². The number of rotatable bonds is 7. The maximum atomic E-state index is 13.3. The van der Waals surface area contributed by atoms with Crippen molar-refractivity contribution in [3.8, 4) is 0 Å². The number of fused-ring (bicyclic) bond motifs is 1. The predicted octanol–water partition coefficient (Wildman–Crippen LogP) is 4.82. The molecule has 1 aliphatic heterocycles. The first-order chi connectivity index (χ1) is 16.4. The molecule has 0 spiro atoms. The summed E-state index contributed by atoms with van der Waals surface area (Å²) in [5, 5.41) is 5.55. The average Bonchev–Trinajstić information content (AvgIpc) is 2.84. The van der Waals surface area contributed by atoms with Gasteiger partial charge in [0.25, 0.3) is 15.9 Å². The monoisotopic (exact) mass is 477 g/mol. The lowest BCUT2D eigenvalue weighted by atomic mass is 10.0. The van der Waals surface area contributed by atoms with Gasteiger partial charge in [-0.05, 0) is 73.4 Å². The number of nitrogens with zero attached hydrogens (tertiary/aromatic N) is 1. The molecular formula is C26H27N3O4S. The first-order valence-corrected chi connectivity index (χ1v) is 12.7. The highest BCUT2D eigenvalue weighted by atomic mass is 32.2. The minimum absolute atomic E-state index is 0.104. The normalized spacial score (nSPS) is 13.1. The molecule has 8 heteroatoms. The number of nitrogens with one attached hydrogen (secondary N) is 2. The van der Waals surface area contributed by atoms with Gasteiger partial charge in [-0.25, -0.2) is 8.42 Å². The van der Waals surface area contributed by atoms with Crippen molar-refractivity contribution >= 4 is 38.9 Å². The molecule has 0 bridgehead atoms. The van der Waals surface area contributed by atoms with E-state index in [-0.39, 0.29) is 16.7 Å². The molecule has 7 nitrogen and oxygen atoms in total. The van der Waals surface area contributed by atoms with Gasteiger partial charge >= 0.3 is 0 Å². The van der Waals surface area contributed by atoms with E-state index >= 15 is 0 Å². The number of carbonyl (C=O) groups is 2. The SMILES string of the molecule is CCCC(=O)Nc1cccc(C(=O)Nc2ccc(S(=O)(=O)N3CCCc4ccccc43)cc2)c1. The summed E-state index contributed by atoms with van der Waals surface area (Å²) >= 11 is 0. The van der Waals surface area contributed by atoms with Crippen LogP contribution in [0.4, 0.5) is 17.1 Å². The number of anilines is 3. The van der Waals surface area contributed by atoms with Crippen LogP contribution in [0.25, 0.3) is 0 Å². The summed E-state index contributed by atoms with van der Waals surface area (Å²) < 4.78 is 28.0. The lowest BCUT2D eigenvalue weighted by Gasteiger charge is -2.30. The quantitative estimate of drug-likeness (QED) is 0.510. The van der Waals surface area contributed by atoms with Crippen molar-refractivity contribution in [3.05, 3.63) is 83.9 Å². The van der Waals surface area contributed by atoms with Crippen LogP contribution in [0.2, 0.25) is 0 Å². The summed E-state index contributed by atoms with van der Waals surface area (Å²) in [4.78, 5) is 24.7. The molecule has 0 aromatic heterocycles. The van der Waals surface area contributed by atoms with Crippen LogP contribution in [0, 0.1) is 0 Å². The van der Waals surface area contributed by atoms with E-state index in [2.05, 4.69) is 10.6 Å². The topological polar surface area (TPSA) is 95.6 Å². The molecule has 2 N–H and O–H groups in total. The van der Waals surface area contributed by atoms with Crippen LogP contribution in [0.5, 0.6) is 0 Å².